The number of nitrogens with one attached hydrogen (secondary N) is 1. The van der Waals surface area contributed by atoms with E-state index in [1.54, 1.807) is 6.07 Å². The lowest BCUT2D eigenvalue weighted by Crippen LogP contribution is -2.23. The maximum absolute atomic E-state index is 12.8. The third-order valence-corrected chi connectivity index (χ3v) is 3.88. The van der Waals surface area contributed by atoms with E-state index in [2.05, 4.69) is 20.5 Å². The Bertz CT molecular complexity index is 966. The second-order valence-electron chi connectivity index (χ2n) is 5.77. The van der Waals surface area contributed by atoms with Gasteiger partial charge in [-0.3, -0.25) is 4.98 Å². The number of nitrogens with zero attached hydrogens (tertiary/aromatic N) is 3. The number of aliphatic hydroxyl groups excluding tert-OH is 2. The van der Waals surface area contributed by atoms with Crippen LogP contribution in [0, 0.1) is 0 Å². The summed E-state index contributed by atoms with van der Waals surface area (Å²) in [5.74, 6) is -0.297. The molecular weight excluding hydrogens is 365 g/mol. The van der Waals surface area contributed by atoms with Gasteiger partial charge in [0.1, 0.15) is 11.4 Å². The van der Waals surface area contributed by atoms with Crippen LogP contribution in [0.2, 0.25) is 0 Å². The standard InChI is InChI=1S/C17H15F3N4O3/c18-17(19,20)9-1-2-12(14(27)5-9)15-11-3-4-21-7-13(11)16(24-23-15)22-6-10(26)8-25/h1-5,7,10,25-27H,6,8H2,(H,22,24)/t10-/m1/s1. The fourth-order valence-corrected chi connectivity index (χ4v) is 2.51. The van der Waals surface area contributed by atoms with E-state index >= 15 is 0 Å². The molecule has 3 aromatic rings. The number of pyridine rings is 1. The van der Waals surface area contributed by atoms with E-state index in [-0.39, 0.29) is 23.6 Å². The number of halogens is 3. The van der Waals surface area contributed by atoms with Gasteiger partial charge in [-0.2, -0.15) is 13.2 Å². The van der Waals surface area contributed by atoms with Crippen molar-refractivity contribution in [2.75, 3.05) is 18.5 Å². The number of anilines is 1. The average molecular weight is 380 g/mol. The predicted octanol–water partition coefficient (Wildman–Crippen LogP) is 2.18. The van der Waals surface area contributed by atoms with Gasteiger partial charge in [0.15, 0.2) is 5.82 Å². The smallest absolute Gasteiger partial charge is 0.416 e. The molecule has 0 saturated heterocycles. The summed E-state index contributed by atoms with van der Waals surface area (Å²) in [6, 6.07) is 4.20. The zero-order valence-electron chi connectivity index (χ0n) is 13.8. The molecule has 0 fully saturated rings. The number of phenols is 1. The number of hydrogen-bond donors (Lipinski definition) is 4. The Balaban J connectivity index is 2.06. The van der Waals surface area contributed by atoms with Crippen LogP contribution in [-0.4, -0.2) is 49.8 Å². The first-order valence-corrected chi connectivity index (χ1v) is 7.85. The van der Waals surface area contributed by atoms with Gasteiger partial charge in [0.2, 0.25) is 0 Å². The zero-order chi connectivity index (χ0) is 19.6. The highest BCUT2D eigenvalue weighted by Gasteiger charge is 2.31. The summed E-state index contributed by atoms with van der Waals surface area (Å²) in [4.78, 5) is 3.99. The number of aromatic hydroxyl groups is 1. The lowest BCUT2D eigenvalue weighted by molar-refractivity contribution is -0.137. The molecule has 0 amide bonds. The Morgan fingerprint density at radius 3 is 2.56 bits per heavy atom. The lowest BCUT2D eigenvalue weighted by atomic mass is 10.0. The quantitative estimate of drug-likeness (QED) is 0.537. The molecule has 142 valence electrons. The Kier molecular flexibility index (Phi) is 5.10. The Hall–Kier alpha value is -2.98. The number of alkyl halides is 3. The molecule has 0 aliphatic heterocycles. The topological polar surface area (TPSA) is 111 Å². The van der Waals surface area contributed by atoms with Crippen LogP contribution in [0.1, 0.15) is 5.56 Å². The Labute approximate surface area is 151 Å². The number of hydrogen-bond acceptors (Lipinski definition) is 7. The van der Waals surface area contributed by atoms with Crippen LogP contribution in [-0.2, 0) is 6.18 Å². The van der Waals surface area contributed by atoms with Crippen LogP contribution in [0.15, 0.2) is 36.7 Å². The van der Waals surface area contributed by atoms with Gasteiger partial charge in [-0.15, -0.1) is 10.2 Å². The zero-order valence-corrected chi connectivity index (χ0v) is 13.8. The normalized spacial score (nSPS) is 12.9. The van der Waals surface area contributed by atoms with Crippen molar-refractivity contribution in [1.29, 1.82) is 0 Å². The second kappa shape index (κ2) is 7.33. The van der Waals surface area contributed by atoms with Gasteiger partial charge in [0.05, 0.1) is 18.3 Å². The van der Waals surface area contributed by atoms with E-state index in [9.17, 15) is 23.4 Å². The van der Waals surface area contributed by atoms with Crippen LogP contribution in [0.3, 0.4) is 0 Å². The highest BCUT2D eigenvalue weighted by molar-refractivity contribution is 6.00. The first-order valence-electron chi connectivity index (χ1n) is 7.85. The molecule has 0 aliphatic rings. The van der Waals surface area contributed by atoms with Crippen molar-refractivity contribution < 1.29 is 28.5 Å². The Morgan fingerprint density at radius 1 is 1.11 bits per heavy atom. The Morgan fingerprint density at radius 2 is 1.89 bits per heavy atom. The molecule has 4 N–H and O–H groups in total. The first-order chi connectivity index (χ1) is 12.8. The van der Waals surface area contributed by atoms with Crippen molar-refractivity contribution in [2.45, 2.75) is 12.3 Å². The summed E-state index contributed by atoms with van der Waals surface area (Å²) in [6.45, 7) is -0.422. The molecule has 10 heteroatoms. The van der Waals surface area contributed by atoms with Crippen molar-refractivity contribution >= 4 is 16.6 Å². The maximum Gasteiger partial charge on any atom is 0.416 e. The van der Waals surface area contributed by atoms with Gasteiger partial charge < -0.3 is 20.6 Å². The third kappa shape index (κ3) is 3.91. The van der Waals surface area contributed by atoms with E-state index in [1.807, 2.05) is 0 Å². The molecule has 0 aliphatic carbocycles. The summed E-state index contributed by atoms with van der Waals surface area (Å²) in [5, 5.41) is 40.2. The summed E-state index contributed by atoms with van der Waals surface area (Å²) >= 11 is 0. The van der Waals surface area contributed by atoms with Crippen LogP contribution in [0.25, 0.3) is 22.0 Å². The van der Waals surface area contributed by atoms with E-state index in [4.69, 9.17) is 5.11 Å². The molecule has 1 aromatic carbocycles. The SMILES string of the molecule is OC[C@H](O)CNc1nnc(-c2ccc(C(F)(F)F)cc2O)c2ccncc12. The summed E-state index contributed by atoms with van der Waals surface area (Å²) in [6.07, 6.45) is -2.63. The van der Waals surface area contributed by atoms with Crippen LogP contribution in [0.4, 0.5) is 19.0 Å². The molecule has 0 unspecified atom stereocenters. The fraction of sp³-hybridized carbons (Fsp3) is 0.235. The third-order valence-electron chi connectivity index (χ3n) is 3.88. The van der Waals surface area contributed by atoms with Crippen molar-refractivity contribution in [3.05, 3.63) is 42.2 Å². The number of fused-ring (bicyclic) bond motifs is 1. The molecule has 27 heavy (non-hydrogen) atoms. The maximum atomic E-state index is 12.8. The van der Waals surface area contributed by atoms with Crippen molar-refractivity contribution in [1.82, 2.24) is 15.2 Å². The van der Waals surface area contributed by atoms with Crippen LogP contribution < -0.4 is 5.32 Å². The van der Waals surface area contributed by atoms with E-state index in [0.29, 0.717) is 16.8 Å². The average Bonchev–Trinajstić information content (AvgIpc) is 2.65. The number of aliphatic hydroxyl groups is 2. The number of aromatic nitrogens is 3. The summed E-state index contributed by atoms with van der Waals surface area (Å²) in [7, 11) is 0. The minimum atomic E-state index is -4.57. The van der Waals surface area contributed by atoms with Crippen molar-refractivity contribution in [3.8, 4) is 17.0 Å². The molecule has 1 atom stereocenters. The number of phenolic OH excluding ortho intramolecular Hbond substituents is 1. The van der Waals surface area contributed by atoms with Gasteiger partial charge in [-0.25, -0.2) is 0 Å². The van der Waals surface area contributed by atoms with Gasteiger partial charge in [0.25, 0.3) is 0 Å². The molecule has 0 radical (unpaired) electrons. The van der Waals surface area contributed by atoms with Crippen molar-refractivity contribution in [2.24, 2.45) is 0 Å². The van der Waals surface area contributed by atoms with E-state index in [1.165, 1.54) is 12.4 Å². The van der Waals surface area contributed by atoms with E-state index < -0.39 is 30.2 Å². The molecule has 7 nitrogen and oxygen atoms in total. The number of benzene rings is 1. The molecule has 2 heterocycles. The fourth-order valence-electron chi connectivity index (χ4n) is 2.51. The monoisotopic (exact) mass is 380 g/mol. The number of rotatable bonds is 5. The minimum Gasteiger partial charge on any atom is -0.507 e. The molecule has 0 spiro atoms. The molecular formula is C17H15F3N4O3. The van der Waals surface area contributed by atoms with Crippen LogP contribution in [0.5, 0.6) is 5.75 Å². The van der Waals surface area contributed by atoms with Gasteiger partial charge in [0, 0.05) is 35.3 Å². The van der Waals surface area contributed by atoms with E-state index in [0.717, 1.165) is 12.1 Å². The van der Waals surface area contributed by atoms with Crippen LogP contribution >= 0.6 is 0 Å². The van der Waals surface area contributed by atoms with Gasteiger partial charge >= 0.3 is 6.18 Å². The second-order valence-corrected chi connectivity index (χ2v) is 5.77. The summed E-state index contributed by atoms with van der Waals surface area (Å²) < 4.78 is 38.4. The molecule has 2 aromatic heterocycles. The lowest BCUT2D eigenvalue weighted by Gasteiger charge is -2.14. The summed E-state index contributed by atoms with van der Waals surface area (Å²) in [5.41, 5.74) is -0.695. The minimum absolute atomic E-state index is 0.0139. The molecule has 0 bridgehead atoms. The van der Waals surface area contributed by atoms with Crippen molar-refractivity contribution in [3.63, 3.8) is 0 Å². The van der Waals surface area contributed by atoms with Gasteiger partial charge in [-0.05, 0) is 24.3 Å². The highest BCUT2D eigenvalue weighted by Crippen LogP contribution is 2.38. The first kappa shape index (κ1) is 18.8. The molecule has 0 saturated carbocycles. The predicted molar refractivity (Wildman–Crippen MR) is 91.0 cm³/mol. The highest BCUT2D eigenvalue weighted by atomic mass is 19.4. The largest absolute Gasteiger partial charge is 0.507 e. The van der Waals surface area contributed by atoms with Gasteiger partial charge in [-0.1, -0.05) is 0 Å². The molecule has 3 rings (SSSR count).